The van der Waals surface area contributed by atoms with Gasteiger partial charge in [0, 0.05) is 6.54 Å². The van der Waals surface area contributed by atoms with Crippen molar-refractivity contribution in [1.82, 2.24) is 10.6 Å². The third kappa shape index (κ3) is 5.94. The Balaban J connectivity index is 2.13. The van der Waals surface area contributed by atoms with Gasteiger partial charge in [0.2, 0.25) is 5.91 Å². The fourth-order valence-electron chi connectivity index (χ4n) is 2.88. The maximum Gasteiger partial charge on any atom is 0.237 e. The Hall–Kier alpha value is -0.570. The van der Waals surface area contributed by atoms with Gasteiger partial charge in [-0.15, -0.1) is 0 Å². The minimum absolute atomic E-state index is 0.0126. The lowest BCUT2D eigenvalue weighted by Gasteiger charge is -2.38. The number of unbranched alkanes of at least 4 members (excludes halogenated alkanes) is 5. The first-order valence-electron chi connectivity index (χ1n) is 8.09. The number of carbonyl (C=O) groups is 1. The molecule has 1 rings (SSSR count). The van der Waals surface area contributed by atoms with Gasteiger partial charge < -0.3 is 10.6 Å². The second-order valence-corrected chi connectivity index (χ2v) is 6.54. The zero-order valence-corrected chi connectivity index (χ0v) is 13.1. The van der Waals surface area contributed by atoms with Crippen LogP contribution in [0.1, 0.15) is 72.1 Å². The first kappa shape index (κ1) is 16.5. The topological polar surface area (TPSA) is 41.1 Å². The average Bonchev–Trinajstić information content (AvgIpc) is 2.37. The number of hydrogen-bond acceptors (Lipinski definition) is 2. The second kappa shape index (κ2) is 8.57. The van der Waals surface area contributed by atoms with E-state index in [4.69, 9.17) is 0 Å². The van der Waals surface area contributed by atoms with Crippen LogP contribution < -0.4 is 10.6 Å². The molecule has 1 atom stereocenters. The zero-order chi connectivity index (χ0) is 14.1. The van der Waals surface area contributed by atoms with E-state index in [2.05, 4.69) is 31.4 Å². The number of rotatable bonds is 8. The lowest BCUT2D eigenvalue weighted by atomic mass is 9.77. The molecule has 0 spiro atoms. The van der Waals surface area contributed by atoms with Gasteiger partial charge in [0.25, 0.3) is 0 Å². The summed E-state index contributed by atoms with van der Waals surface area (Å²) >= 11 is 0. The molecular weight excluding hydrogens is 236 g/mol. The molecule has 2 N–H and O–H groups in total. The van der Waals surface area contributed by atoms with Crippen molar-refractivity contribution in [2.75, 3.05) is 13.1 Å². The van der Waals surface area contributed by atoms with Crippen molar-refractivity contribution in [1.29, 1.82) is 0 Å². The molecule has 0 saturated carbocycles. The predicted molar refractivity (Wildman–Crippen MR) is 81.2 cm³/mol. The molecule has 3 heteroatoms. The van der Waals surface area contributed by atoms with E-state index in [1.54, 1.807) is 0 Å². The normalized spacial score (nSPS) is 22.2. The van der Waals surface area contributed by atoms with Crippen molar-refractivity contribution in [3.8, 4) is 0 Å². The van der Waals surface area contributed by atoms with Crippen molar-refractivity contribution in [2.24, 2.45) is 5.41 Å². The standard InChI is InChI=1S/C16H32N2O/c1-4-5-6-7-8-9-12-18-15(19)14-16(2,3)11-10-13-17-14/h14,17H,4-13H2,1-3H3,(H,18,19). The Morgan fingerprint density at radius 2 is 1.89 bits per heavy atom. The Morgan fingerprint density at radius 3 is 2.58 bits per heavy atom. The van der Waals surface area contributed by atoms with Crippen molar-refractivity contribution < 1.29 is 4.79 Å². The predicted octanol–water partition coefficient (Wildman–Crippen LogP) is 3.24. The molecule has 1 saturated heterocycles. The second-order valence-electron chi connectivity index (χ2n) is 6.54. The average molecular weight is 268 g/mol. The van der Waals surface area contributed by atoms with Crippen LogP contribution in [0.25, 0.3) is 0 Å². The molecule has 1 amide bonds. The lowest BCUT2D eigenvalue weighted by molar-refractivity contribution is -0.126. The van der Waals surface area contributed by atoms with E-state index in [-0.39, 0.29) is 17.4 Å². The fraction of sp³-hybridized carbons (Fsp3) is 0.938. The van der Waals surface area contributed by atoms with E-state index in [1.165, 1.54) is 38.5 Å². The Morgan fingerprint density at radius 1 is 1.21 bits per heavy atom. The van der Waals surface area contributed by atoms with E-state index in [1.807, 2.05) is 0 Å². The highest BCUT2D eigenvalue weighted by atomic mass is 16.2. The van der Waals surface area contributed by atoms with E-state index in [0.717, 1.165) is 25.9 Å². The fourth-order valence-corrected chi connectivity index (χ4v) is 2.88. The molecule has 0 aromatic heterocycles. The molecule has 0 aliphatic carbocycles. The SMILES string of the molecule is CCCCCCCCNC(=O)C1NCCCC1(C)C. The summed E-state index contributed by atoms with van der Waals surface area (Å²) in [7, 11) is 0. The van der Waals surface area contributed by atoms with E-state index >= 15 is 0 Å². The maximum atomic E-state index is 12.2. The molecule has 1 unspecified atom stereocenters. The van der Waals surface area contributed by atoms with Gasteiger partial charge in [-0.25, -0.2) is 0 Å². The molecule has 0 bridgehead atoms. The van der Waals surface area contributed by atoms with Crippen molar-refractivity contribution in [3.05, 3.63) is 0 Å². The van der Waals surface area contributed by atoms with Crippen molar-refractivity contribution in [3.63, 3.8) is 0 Å². The quantitative estimate of drug-likeness (QED) is 0.664. The molecule has 19 heavy (non-hydrogen) atoms. The third-order valence-corrected chi connectivity index (χ3v) is 4.22. The highest BCUT2D eigenvalue weighted by molar-refractivity contribution is 5.82. The third-order valence-electron chi connectivity index (χ3n) is 4.22. The highest BCUT2D eigenvalue weighted by Gasteiger charge is 2.36. The number of piperidine rings is 1. The molecule has 1 aliphatic rings. The van der Waals surface area contributed by atoms with Gasteiger partial charge in [0.1, 0.15) is 0 Å². The van der Waals surface area contributed by atoms with Gasteiger partial charge >= 0.3 is 0 Å². The van der Waals surface area contributed by atoms with Crippen LogP contribution in [0, 0.1) is 5.41 Å². The summed E-state index contributed by atoms with van der Waals surface area (Å²) in [6.45, 7) is 8.42. The summed E-state index contributed by atoms with van der Waals surface area (Å²) in [4.78, 5) is 12.2. The molecule has 1 fully saturated rings. The Labute approximate surface area is 118 Å². The minimum atomic E-state index is -0.0126. The summed E-state index contributed by atoms with van der Waals surface area (Å²) in [6.07, 6.45) is 9.93. The first-order valence-corrected chi connectivity index (χ1v) is 8.09. The van der Waals surface area contributed by atoms with Crippen molar-refractivity contribution >= 4 is 5.91 Å². The summed E-state index contributed by atoms with van der Waals surface area (Å²) < 4.78 is 0. The monoisotopic (exact) mass is 268 g/mol. The Bertz CT molecular complexity index is 263. The van der Waals surface area contributed by atoms with Crippen LogP contribution in [0.3, 0.4) is 0 Å². The van der Waals surface area contributed by atoms with Crippen LogP contribution in [0.15, 0.2) is 0 Å². The van der Waals surface area contributed by atoms with Crippen LogP contribution >= 0.6 is 0 Å². The smallest absolute Gasteiger partial charge is 0.237 e. The van der Waals surface area contributed by atoms with Gasteiger partial charge in [0.15, 0.2) is 0 Å². The van der Waals surface area contributed by atoms with Crippen molar-refractivity contribution in [2.45, 2.75) is 78.2 Å². The largest absolute Gasteiger partial charge is 0.355 e. The molecular formula is C16H32N2O. The summed E-state index contributed by atoms with van der Waals surface area (Å²) in [5.41, 5.74) is 0.0868. The molecule has 0 aromatic rings. The number of nitrogens with one attached hydrogen (secondary N) is 2. The van der Waals surface area contributed by atoms with Crippen LogP contribution in [-0.4, -0.2) is 25.0 Å². The molecule has 0 radical (unpaired) electrons. The lowest BCUT2D eigenvalue weighted by Crippen LogP contribution is -2.55. The zero-order valence-electron chi connectivity index (χ0n) is 13.1. The molecule has 1 heterocycles. The molecule has 1 aliphatic heterocycles. The molecule has 112 valence electrons. The number of hydrogen-bond donors (Lipinski definition) is 2. The molecule has 0 aromatic carbocycles. The minimum Gasteiger partial charge on any atom is -0.355 e. The Kier molecular flexibility index (Phi) is 7.44. The highest BCUT2D eigenvalue weighted by Crippen LogP contribution is 2.30. The summed E-state index contributed by atoms with van der Waals surface area (Å²) in [6, 6.07) is -0.0126. The van der Waals surface area contributed by atoms with Gasteiger partial charge in [-0.2, -0.15) is 0 Å². The van der Waals surface area contributed by atoms with E-state index in [0.29, 0.717) is 0 Å². The van der Waals surface area contributed by atoms with Crippen LogP contribution in [-0.2, 0) is 4.79 Å². The first-order chi connectivity index (χ1) is 9.08. The van der Waals surface area contributed by atoms with Gasteiger partial charge in [-0.05, 0) is 31.2 Å². The van der Waals surface area contributed by atoms with E-state index in [9.17, 15) is 4.79 Å². The maximum absolute atomic E-state index is 12.2. The van der Waals surface area contributed by atoms with Gasteiger partial charge in [-0.3, -0.25) is 4.79 Å². The number of amides is 1. The molecule has 3 nitrogen and oxygen atoms in total. The summed E-state index contributed by atoms with van der Waals surface area (Å²) in [5.74, 6) is 0.193. The van der Waals surface area contributed by atoms with Crippen LogP contribution in [0.4, 0.5) is 0 Å². The number of carbonyl (C=O) groups excluding carboxylic acids is 1. The van der Waals surface area contributed by atoms with Crippen LogP contribution in [0.5, 0.6) is 0 Å². The van der Waals surface area contributed by atoms with Gasteiger partial charge in [-0.1, -0.05) is 52.9 Å². The van der Waals surface area contributed by atoms with Crippen LogP contribution in [0.2, 0.25) is 0 Å². The summed E-state index contributed by atoms with van der Waals surface area (Å²) in [5, 5.41) is 6.46. The van der Waals surface area contributed by atoms with E-state index < -0.39 is 0 Å². The van der Waals surface area contributed by atoms with Gasteiger partial charge in [0.05, 0.1) is 6.04 Å².